The van der Waals surface area contributed by atoms with E-state index in [1.54, 1.807) is 41.7 Å². The normalized spacial score (nSPS) is 10.4. The Balaban J connectivity index is 1.52. The first-order valence-corrected chi connectivity index (χ1v) is 9.56. The summed E-state index contributed by atoms with van der Waals surface area (Å²) in [6.45, 7) is 3.78. The number of aromatic nitrogens is 1. The molecule has 0 saturated heterocycles. The van der Waals surface area contributed by atoms with Gasteiger partial charge in [0.05, 0.1) is 16.3 Å². The van der Waals surface area contributed by atoms with Crippen molar-refractivity contribution in [2.45, 2.75) is 20.5 Å². The summed E-state index contributed by atoms with van der Waals surface area (Å²) in [5.74, 6) is -0.451. The van der Waals surface area contributed by atoms with Crippen LogP contribution in [0, 0.1) is 13.8 Å². The lowest BCUT2D eigenvalue weighted by Crippen LogP contribution is -2.21. The average molecular weight is 396 g/mol. The van der Waals surface area contributed by atoms with Crippen LogP contribution in [0.2, 0.25) is 0 Å². The highest BCUT2D eigenvalue weighted by molar-refractivity contribution is 7.09. The molecule has 0 spiro atoms. The van der Waals surface area contributed by atoms with Crippen LogP contribution in [0.3, 0.4) is 0 Å². The number of amides is 1. The fourth-order valence-electron chi connectivity index (χ4n) is 2.46. The van der Waals surface area contributed by atoms with Crippen molar-refractivity contribution in [1.29, 1.82) is 0 Å². The smallest absolute Gasteiger partial charge is 0.338 e. The maximum absolute atomic E-state index is 12.2. The van der Waals surface area contributed by atoms with Crippen molar-refractivity contribution in [1.82, 2.24) is 4.98 Å². The summed E-state index contributed by atoms with van der Waals surface area (Å²) in [5.41, 5.74) is 2.78. The molecule has 0 aliphatic carbocycles. The van der Waals surface area contributed by atoms with E-state index in [1.165, 1.54) is 0 Å². The van der Waals surface area contributed by atoms with E-state index in [2.05, 4.69) is 10.3 Å². The van der Waals surface area contributed by atoms with Crippen LogP contribution < -0.4 is 10.1 Å². The number of esters is 1. The second kappa shape index (κ2) is 9.14. The first-order valence-electron chi connectivity index (χ1n) is 8.68. The highest BCUT2D eigenvalue weighted by Gasteiger charge is 2.12. The third-order valence-electron chi connectivity index (χ3n) is 3.88. The van der Waals surface area contributed by atoms with Gasteiger partial charge in [0.2, 0.25) is 0 Å². The fourth-order valence-corrected chi connectivity index (χ4v) is 3.06. The molecule has 0 unspecified atom stereocenters. The number of benzene rings is 2. The first-order chi connectivity index (χ1) is 13.5. The van der Waals surface area contributed by atoms with Crippen molar-refractivity contribution < 1.29 is 19.1 Å². The lowest BCUT2D eigenvalue weighted by atomic mass is 10.2. The predicted octanol–water partition coefficient (Wildman–Crippen LogP) is 4.13. The number of thiazole rings is 1. The second-order valence-corrected chi connectivity index (χ2v) is 7.18. The van der Waals surface area contributed by atoms with E-state index in [1.807, 2.05) is 37.4 Å². The van der Waals surface area contributed by atoms with Crippen molar-refractivity contribution in [2.24, 2.45) is 0 Å². The molecule has 0 bridgehead atoms. The maximum atomic E-state index is 12.2. The van der Waals surface area contributed by atoms with E-state index in [-0.39, 0.29) is 6.61 Å². The molecular weight excluding hydrogens is 376 g/mol. The zero-order valence-corrected chi connectivity index (χ0v) is 16.4. The molecule has 1 amide bonds. The molecule has 1 N–H and O–H groups in total. The number of carbonyl (C=O) groups excluding carboxylic acids is 2. The SMILES string of the molecule is Cc1nc(COc2cccc(C(=O)OCC(=O)Nc3ccccc3C)c2)cs1. The van der Waals surface area contributed by atoms with Crippen molar-refractivity contribution in [3.05, 3.63) is 75.7 Å². The van der Waals surface area contributed by atoms with Crippen LogP contribution >= 0.6 is 11.3 Å². The predicted molar refractivity (Wildman–Crippen MR) is 108 cm³/mol. The second-order valence-electron chi connectivity index (χ2n) is 6.11. The number of ether oxygens (including phenoxy) is 2. The number of nitrogens with zero attached hydrogens (tertiary/aromatic N) is 1. The van der Waals surface area contributed by atoms with Gasteiger partial charge < -0.3 is 14.8 Å². The number of anilines is 1. The largest absolute Gasteiger partial charge is 0.487 e. The molecule has 7 heteroatoms. The van der Waals surface area contributed by atoms with Gasteiger partial charge in [-0.15, -0.1) is 11.3 Å². The summed E-state index contributed by atoms with van der Waals surface area (Å²) in [6.07, 6.45) is 0. The lowest BCUT2D eigenvalue weighted by molar-refractivity contribution is -0.119. The molecule has 0 atom stereocenters. The van der Waals surface area contributed by atoms with E-state index in [9.17, 15) is 9.59 Å². The topological polar surface area (TPSA) is 77.5 Å². The monoisotopic (exact) mass is 396 g/mol. The van der Waals surface area contributed by atoms with Crippen LogP contribution in [0.25, 0.3) is 0 Å². The average Bonchev–Trinajstić information content (AvgIpc) is 3.12. The molecule has 0 fully saturated rings. The standard InChI is InChI=1S/C21H20N2O4S/c1-14-6-3-4-9-19(14)23-20(24)12-27-21(25)16-7-5-8-18(10-16)26-11-17-13-28-15(2)22-17/h3-10,13H,11-12H2,1-2H3,(H,23,24). The summed E-state index contributed by atoms with van der Waals surface area (Å²) in [5, 5.41) is 5.63. The Bertz CT molecular complexity index is 984. The van der Waals surface area contributed by atoms with Crippen LogP contribution in [0.15, 0.2) is 53.9 Å². The Labute approximate surface area is 167 Å². The molecule has 6 nitrogen and oxygen atoms in total. The van der Waals surface area contributed by atoms with Gasteiger partial charge in [-0.2, -0.15) is 0 Å². The van der Waals surface area contributed by atoms with Crippen LogP contribution in [0.4, 0.5) is 5.69 Å². The molecular formula is C21H20N2O4S. The maximum Gasteiger partial charge on any atom is 0.338 e. The van der Waals surface area contributed by atoms with E-state index in [4.69, 9.17) is 9.47 Å². The third-order valence-corrected chi connectivity index (χ3v) is 4.70. The Hall–Kier alpha value is -3.19. The van der Waals surface area contributed by atoms with Gasteiger partial charge in [-0.1, -0.05) is 24.3 Å². The van der Waals surface area contributed by atoms with E-state index < -0.39 is 11.9 Å². The van der Waals surface area contributed by atoms with Gasteiger partial charge in [0, 0.05) is 11.1 Å². The van der Waals surface area contributed by atoms with E-state index in [0.29, 0.717) is 23.6 Å². The molecule has 2 aromatic carbocycles. The van der Waals surface area contributed by atoms with Gasteiger partial charge in [-0.05, 0) is 43.7 Å². The Morgan fingerprint density at radius 3 is 2.68 bits per heavy atom. The zero-order chi connectivity index (χ0) is 19.9. The van der Waals surface area contributed by atoms with Gasteiger partial charge in [0.1, 0.15) is 12.4 Å². The van der Waals surface area contributed by atoms with Gasteiger partial charge in [0.25, 0.3) is 5.91 Å². The highest BCUT2D eigenvalue weighted by Crippen LogP contribution is 2.17. The molecule has 0 radical (unpaired) electrons. The number of para-hydroxylation sites is 1. The minimum absolute atomic E-state index is 0.315. The van der Waals surface area contributed by atoms with E-state index in [0.717, 1.165) is 16.3 Å². The quantitative estimate of drug-likeness (QED) is 0.608. The third kappa shape index (κ3) is 5.40. The lowest BCUT2D eigenvalue weighted by Gasteiger charge is -2.09. The summed E-state index contributed by atoms with van der Waals surface area (Å²) in [7, 11) is 0. The molecule has 3 aromatic rings. The summed E-state index contributed by atoms with van der Waals surface area (Å²) < 4.78 is 10.8. The zero-order valence-electron chi connectivity index (χ0n) is 15.6. The Morgan fingerprint density at radius 1 is 1.11 bits per heavy atom. The van der Waals surface area contributed by atoms with Gasteiger partial charge in [-0.25, -0.2) is 9.78 Å². The van der Waals surface area contributed by atoms with Gasteiger partial charge in [-0.3, -0.25) is 4.79 Å². The molecule has 0 saturated carbocycles. The van der Waals surface area contributed by atoms with E-state index >= 15 is 0 Å². The van der Waals surface area contributed by atoms with Crippen LogP contribution in [-0.4, -0.2) is 23.5 Å². The molecule has 0 aliphatic rings. The van der Waals surface area contributed by atoms with Crippen molar-refractivity contribution in [3.8, 4) is 5.75 Å². The Kier molecular flexibility index (Phi) is 6.39. The van der Waals surface area contributed by atoms with Crippen molar-refractivity contribution in [2.75, 3.05) is 11.9 Å². The number of hydrogen-bond acceptors (Lipinski definition) is 6. The van der Waals surface area contributed by atoms with Gasteiger partial charge >= 0.3 is 5.97 Å². The first kappa shape index (κ1) is 19.6. The molecule has 1 aromatic heterocycles. The summed E-state index contributed by atoms with van der Waals surface area (Å²) in [4.78, 5) is 28.6. The summed E-state index contributed by atoms with van der Waals surface area (Å²) >= 11 is 1.56. The van der Waals surface area contributed by atoms with Crippen LogP contribution in [-0.2, 0) is 16.1 Å². The molecule has 1 heterocycles. The number of carbonyl (C=O) groups is 2. The fraction of sp³-hybridized carbons (Fsp3) is 0.190. The van der Waals surface area contributed by atoms with Crippen molar-refractivity contribution in [3.63, 3.8) is 0 Å². The highest BCUT2D eigenvalue weighted by atomic mass is 32.1. The molecule has 144 valence electrons. The number of aryl methyl sites for hydroxylation is 2. The molecule has 3 rings (SSSR count). The minimum Gasteiger partial charge on any atom is -0.487 e. The minimum atomic E-state index is -0.588. The molecule has 0 aliphatic heterocycles. The van der Waals surface area contributed by atoms with Crippen LogP contribution in [0.5, 0.6) is 5.75 Å². The van der Waals surface area contributed by atoms with Crippen molar-refractivity contribution >= 4 is 28.9 Å². The van der Waals surface area contributed by atoms with Crippen LogP contribution in [0.1, 0.15) is 26.6 Å². The van der Waals surface area contributed by atoms with Gasteiger partial charge in [0.15, 0.2) is 6.61 Å². The number of hydrogen-bond donors (Lipinski definition) is 1. The summed E-state index contributed by atoms with van der Waals surface area (Å²) in [6, 6.07) is 14.0. The number of nitrogens with one attached hydrogen (secondary N) is 1. The molecule has 28 heavy (non-hydrogen) atoms. The number of rotatable bonds is 7. The Morgan fingerprint density at radius 2 is 1.93 bits per heavy atom.